The number of carbonyl (C=O) groups is 6. The molecule has 0 bridgehead atoms. The van der Waals surface area contributed by atoms with Crippen LogP contribution in [0.5, 0.6) is 0 Å². The van der Waals surface area contributed by atoms with Gasteiger partial charge in [0.15, 0.2) is 12.4 Å². The van der Waals surface area contributed by atoms with E-state index >= 15 is 0 Å². The normalized spacial score (nSPS) is 28.7. The fraction of sp³-hybridized carbons (Fsp3) is 0.500. The average molecular weight is 878 g/mol. The van der Waals surface area contributed by atoms with E-state index in [0.717, 1.165) is 22.8 Å². The van der Waals surface area contributed by atoms with Crippen LogP contribution in [0.4, 0.5) is 10.5 Å². The summed E-state index contributed by atoms with van der Waals surface area (Å²) in [6.07, 6.45) is 8.60. The van der Waals surface area contributed by atoms with Crippen LogP contribution in [0.25, 0.3) is 10.8 Å². The summed E-state index contributed by atoms with van der Waals surface area (Å²) in [7, 11) is 0. The van der Waals surface area contributed by atoms with Gasteiger partial charge in [-0.15, -0.1) is 0 Å². The summed E-state index contributed by atoms with van der Waals surface area (Å²) < 4.78 is 16.1. The van der Waals surface area contributed by atoms with Crippen LogP contribution in [0, 0.1) is 34.5 Å². The number of alkyl carbamates (subject to hydrolysis) is 1. The zero-order chi connectivity index (χ0) is 46.2. The smallest absolute Gasteiger partial charge is 0.407 e. The molecule has 0 aliphatic heterocycles. The van der Waals surface area contributed by atoms with Crippen molar-refractivity contribution in [2.24, 2.45) is 34.5 Å². The van der Waals surface area contributed by atoms with E-state index in [-0.39, 0.29) is 61.9 Å². The predicted octanol–water partition coefficient (Wildman–Crippen LogP) is 6.67. The number of fused-ring (bicyclic) bond motifs is 6. The lowest BCUT2D eigenvalue weighted by atomic mass is 9.46. The number of carbonyl (C=O) groups excluding carboxylic acids is 6. The number of amides is 2. The Hall–Kier alpha value is -5.73. The Morgan fingerprint density at radius 3 is 2.41 bits per heavy atom. The molecule has 0 spiro atoms. The number of nitrogens with one attached hydrogen (secondary N) is 2. The Labute approximate surface area is 373 Å². The third-order valence-electron chi connectivity index (χ3n) is 14.3. The Morgan fingerprint density at radius 1 is 0.969 bits per heavy atom. The molecule has 4 aliphatic rings. The highest BCUT2D eigenvalue weighted by Crippen LogP contribution is 2.68. The van der Waals surface area contributed by atoms with Crippen molar-refractivity contribution in [1.82, 2.24) is 10.3 Å². The molecule has 1 aromatic heterocycles. The van der Waals surface area contributed by atoms with Gasteiger partial charge in [0.25, 0.3) is 0 Å². The molecule has 3 saturated carbocycles. The Balaban J connectivity index is 0.907. The summed E-state index contributed by atoms with van der Waals surface area (Å²) in [6, 6.07) is 14.1. The second-order valence-electron chi connectivity index (χ2n) is 19.5. The zero-order valence-electron chi connectivity index (χ0n) is 37.3. The Bertz CT molecular complexity index is 2390. The number of aliphatic hydroxyl groups excluding tert-OH is 1. The highest BCUT2D eigenvalue weighted by atomic mass is 16.6. The van der Waals surface area contributed by atoms with E-state index in [1.54, 1.807) is 75.6 Å². The van der Waals surface area contributed by atoms with Gasteiger partial charge in [-0.05, 0) is 111 Å². The van der Waals surface area contributed by atoms with Crippen LogP contribution in [-0.4, -0.2) is 81.2 Å². The molecule has 1 heterocycles. The molecule has 0 unspecified atom stereocenters. The SMILES string of the molecule is C[C@@H]1C[C@H]2[C@@H]3CCC4=CC(=O)C=C[C@]4(C)[C@H]3[C@@H](O)C[C@]2(C)[C@@]1(O)C(=O)COC(=O)CCC(=O)OCc1ccc([C@@H](CNC(=O)OC(C)(C)C)C(=O)Nc2ccc3cnccc3c2)cc1. The highest BCUT2D eigenvalue weighted by Gasteiger charge is 2.70. The molecule has 0 saturated heterocycles. The van der Waals surface area contributed by atoms with Crippen LogP contribution < -0.4 is 10.6 Å². The number of allylic oxidation sites excluding steroid dienone is 4. The molecular weight excluding hydrogens is 819 g/mol. The van der Waals surface area contributed by atoms with Crippen molar-refractivity contribution in [3.63, 3.8) is 0 Å². The maximum absolute atomic E-state index is 13.9. The molecule has 3 fully saturated rings. The van der Waals surface area contributed by atoms with Crippen molar-refractivity contribution < 1.29 is 53.2 Å². The van der Waals surface area contributed by atoms with Gasteiger partial charge in [-0.1, -0.05) is 62.8 Å². The molecule has 2 aromatic carbocycles. The Kier molecular flexibility index (Phi) is 13.0. The highest BCUT2D eigenvalue weighted by molar-refractivity contribution is 6.01. The monoisotopic (exact) mass is 877 g/mol. The lowest BCUT2D eigenvalue weighted by Gasteiger charge is -2.59. The number of ketones is 2. The van der Waals surface area contributed by atoms with E-state index in [1.165, 1.54) is 0 Å². The quantitative estimate of drug-likeness (QED) is 0.105. The second kappa shape index (κ2) is 18.0. The van der Waals surface area contributed by atoms with E-state index in [2.05, 4.69) is 22.5 Å². The van der Waals surface area contributed by atoms with Gasteiger partial charge in [-0.25, -0.2) is 4.79 Å². The molecule has 3 aromatic rings. The van der Waals surface area contributed by atoms with Crippen LogP contribution in [0.1, 0.15) is 97.1 Å². The van der Waals surface area contributed by atoms with Crippen molar-refractivity contribution in [3.8, 4) is 0 Å². The second-order valence-corrected chi connectivity index (χ2v) is 19.5. The zero-order valence-corrected chi connectivity index (χ0v) is 37.3. The molecule has 64 heavy (non-hydrogen) atoms. The summed E-state index contributed by atoms with van der Waals surface area (Å²) in [5.41, 5.74) is -1.25. The van der Waals surface area contributed by atoms with Crippen molar-refractivity contribution in [1.29, 1.82) is 0 Å². The molecule has 7 rings (SSSR count). The minimum atomic E-state index is -1.85. The number of ether oxygens (including phenoxy) is 3. The van der Waals surface area contributed by atoms with Crippen LogP contribution in [0.2, 0.25) is 0 Å². The number of aliphatic hydroxyl groups is 2. The largest absolute Gasteiger partial charge is 0.461 e. The first kappa shape index (κ1) is 46.3. The summed E-state index contributed by atoms with van der Waals surface area (Å²) in [5.74, 6) is -4.00. The third kappa shape index (κ3) is 9.26. The van der Waals surface area contributed by atoms with Gasteiger partial charge >= 0.3 is 18.0 Å². The molecule has 4 aliphatic carbocycles. The van der Waals surface area contributed by atoms with Gasteiger partial charge in [-0.2, -0.15) is 0 Å². The topological polar surface area (TPSA) is 208 Å². The molecule has 340 valence electrons. The maximum atomic E-state index is 13.9. The first-order valence-corrected chi connectivity index (χ1v) is 22.1. The molecule has 9 atom stereocenters. The first-order chi connectivity index (χ1) is 30.2. The first-order valence-electron chi connectivity index (χ1n) is 22.1. The number of rotatable bonds is 13. The van der Waals surface area contributed by atoms with E-state index in [9.17, 15) is 39.0 Å². The lowest BCUT2D eigenvalue weighted by molar-refractivity contribution is -0.186. The van der Waals surface area contributed by atoms with Gasteiger partial charge in [0.1, 0.15) is 17.8 Å². The van der Waals surface area contributed by atoms with Crippen LogP contribution in [0.15, 0.2) is 84.7 Å². The summed E-state index contributed by atoms with van der Waals surface area (Å²) in [6.45, 7) is 10.1. The average Bonchev–Trinajstić information content (AvgIpc) is 3.45. The van der Waals surface area contributed by atoms with E-state index in [1.807, 2.05) is 38.1 Å². The number of Topliss-reactive ketones (excluding diaryl/α,β-unsaturated/α-hetero) is 1. The molecular formula is C50H59N3O11. The minimum absolute atomic E-state index is 0.0149. The van der Waals surface area contributed by atoms with E-state index < -0.39 is 70.4 Å². The molecule has 14 nitrogen and oxygen atoms in total. The number of benzene rings is 2. The number of nitrogens with zero attached hydrogens (tertiary/aromatic N) is 1. The van der Waals surface area contributed by atoms with Crippen LogP contribution in [0.3, 0.4) is 0 Å². The van der Waals surface area contributed by atoms with Gasteiger partial charge < -0.3 is 35.1 Å². The number of esters is 2. The van der Waals surface area contributed by atoms with Gasteiger partial charge in [0, 0.05) is 46.8 Å². The standard InChI is InChI=1S/C50H59N3O11/c1-29-21-39-37-14-12-34-23-36(54)17-19-48(34,5)44(37)40(55)24-49(39,6)50(29,61)41(56)28-63-43(58)16-15-42(57)62-27-30-7-9-31(10-8-30)38(26-52-46(60)64-47(2,3)4)45(59)53-35-13-11-33-25-51-20-18-32(33)22-35/h7-11,13,17-20,22-23,25,29,37-40,44,55,61H,12,14-16,21,24,26-28H2,1-6H3,(H,52,60)(H,53,59)/t29-,37+,38-,39+,40+,44-,48+,49+,50+/m1/s1. The molecule has 0 radical (unpaired) electrons. The summed E-state index contributed by atoms with van der Waals surface area (Å²) in [4.78, 5) is 81.9. The Morgan fingerprint density at radius 2 is 1.69 bits per heavy atom. The predicted molar refractivity (Wildman–Crippen MR) is 236 cm³/mol. The molecule has 14 heteroatoms. The van der Waals surface area contributed by atoms with Gasteiger partial charge in [-0.3, -0.25) is 29.0 Å². The van der Waals surface area contributed by atoms with Crippen molar-refractivity contribution in [2.45, 2.75) is 110 Å². The number of pyridine rings is 1. The summed E-state index contributed by atoms with van der Waals surface area (Å²) in [5, 5.41) is 31.4. The number of hydrogen-bond acceptors (Lipinski definition) is 12. The number of anilines is 1. The fourth-order valence-corrected chi connectivity index (χ4v) is 11.1. The van der Waals surface area contributed by atoms with E-state index in [0.29, 0.717) is 29.7 Å². The molecule has 4 N–H and O–H groups in total. The lowest BCUT2D eigenvalue weighted by Crippen LogP contribution is -2.62. The van der Waals surface area contributed by atoms with Crippen molar-refractivity contribution >= 4 is 52.0 Å². The summed E-state index contributed by atoms with van der Waals surface area (Å²) >= 11 is 0. The van der Waals surface area contributed by atoms with Crippen LogP contribution in [-0.2, 0) is 44.8 Å². The van der Waals surface area contributed by atoms with Crippen molar-refractivity contribution in [3.05, 3.63) is 95.9 Å². The number of hydrogen-bond donors (Lipinski definition) is 4. The fourth-order valence-electron chi connectivity index (χ4n) is 11.1. The van der Waals surface area contributed by atoms with E-state index in [4.69, 9.17) is 14.2 Å². The van der Waals surface area contributed by atoms with Gasteiger partial charge in [0.2, 0.25) is 11.7 Å². The minimum Gasteiger partial charge on any atom is -0.461 e. The van der Waals surface area contributed by atoms with Crippen molar-refractivity contribution in [2.75, 3.05) is 18.5 Å². The number of aromatic nitrogens is 1. The molecule has 2 amide bonds. The van der Waals surface area contributed by atoms with Crippen LogP contribution >= 0.6 is 0 Å². The maximum Gasteiger partial charge on any atom is 0.407 e. The van der Waals surface area contributed by atoms with Gasteiger partial charge in [0.05, 0.1) is 24.9 Å². The third-order valence-corrected chi connectivity index (χ3v) is 14.3.